The zero-order chi connectivity index (χ0) is 8.12. The fourth-order valence-electron chi connectivity index (χ4n) is 0. The molecule has 0 atom stereocenters. The van der Waals surface area contributed by atoms with Gasteiger partial charge in [-0.2, -0.15) is 0 Å². The fraction of sp³-hybridized carbons (Fsp3) is 0. The van der Waals surface area contributed by atoms with Crippen LogP contribution in [0.15, 0.2) is 38.0 Å². The van der Waals surface area contributed by atoms with E-state index in [2.05, 4.69) is 40.5 Å². The van der Waals surface area contributed by atoms with Crippen molar-refractivity contribution in [1.29, 1.82) is 0 Å². The number of halogens is 1. The van der Waals surface area contributed by atoms with Crippen LogP contribution in [0.25, 0.3) is 0 Å². The molecule has 0 spiro atoms. The SMILES string of the molecule is C=C[CH2-].C=C[CH2-].C=C[CH2-].Cl.[Zr+3]. The molecule has 0 aliphatic carbocycles. The van der Waals surface area contributed by atoms with Crippen molar-refractivity contribution in [2.45, 2.75) is 0 Å². The van der Waals surface area contributed by atoms with E-state index < -0.39 is 0 Å². The maximum Gasteiger partial charge on any atom is 3.00 e. The molecule has 0 aromatic rings. The van der Waals surface area contributed by atoms with Crippen LogP contribution in [0.1, 0.15) is 0 Å². The molecule has 1 radical (unpaired) electrons. The minimum Gasteiger partial charge on any atom is -0.245 e. The van der Waals surface area contributed by atoms with E-state index in [-0.39, 0.29) is 38.6 Å². The topological polar surface area (TPSA) is 0 Å². The smallest absolute Gasteiger partial charge is 0.245 e. The summed E-state index contributed by atoms with van der Waals surface area (Å²) >= 11 is 0. The van der Waals surface area contributed by atoms with Crippen molar-refractivity contribution in [3.63, 3.8) is 0 Å². The van der Waals surface area contributed by atoms with Gasteiger partial charge in [-0.05, 0) is 0 Å². The van der Waals surface area contributed by atoms with Crippen LogP contribution in [0.5, 0.6) is 0 Å². The number of hydrogen-bond donors (Lipinski definition) is 0. The molecule has 0 heterocycles. The molecule has 0 saturated heterocycles. The molecule has 2 heteroatoms. The molecule has 0 unspecified atom stereocenters. The van der Waals surface area contributed by atoms with E-state index in [0.717, 1.165) is 0 Å². The Bertz CT molecular complexity index is 46.3. The second-order valence-electron chi connectivity index (χ2n) is 0.866. The van der Waals surface area contributed by atoms with Gasteiger partial charge in [0.15, 0.2) is 0 Å². The van der Waals surface area contributed by atoms with Gasteiger partial charge >= 0.3 is 26.2 Å². The van der Waals surface area contributed by atoms with E-state index in [9.17, 15) is 0 Å². The summed E-state index contributed by atoms with van der Waals surface area (Å²) in [6.45, 7) is 19.5. The van der Waals surface area contributed by atoms with Crippen molar-refractivity contribution >= 4 is 12.4 Å². The molecule has 0 N–H and O–H groups in total. The molecule has 0 aliphatic rings. The van der Waals surface area contributed by atoms with Gasteiger partial charge in [-0.15, -0.1) is 12.4 Å². The molecule has 0 aliphatic heterocycles. The van der Waals surface area contributed by atoms with Crippen molar-refractivity contribution < 1.29 is 26.2 Å². The molecule has 63 valence electrons. The average molecular weight is 251 g/mol. The summed E-state index contributed by atoms with van der Waals surface area (Å²) in [5.41, 5.74) is 0. The Balaban J connectivity index is -0.0000000150. The predicted octanol–water partition coefficient (Wildman–Crippen LogP) is 3.44. The second-order valence-corrected chi connectivity index (χ2v) is 0.866. The molecule has 0 amide bonds. The standard InChI is InChI=1S/3C3H5.ClH.Zr/c3*1-3-2;;/h3*3H,1-2H2;1H;/q3*-1;;+3. The van der Waals surface area contributed by atoms with E-state index in [4.69, 9.17) is 0 Å². The average Bonchev–Trinajstić information content (AvgIpc) is 1.70. The van der Waals surface area contributed by atoms with Crippen molar-refractivity contribution in [2.24, 2.45) is 0 Å². The zero-order valence-electron chi connectivity index (χ0n) is 6.88. The van der Waals surface area contributed by atoms with Gasteiger partial charge in [0.1, 0.15) is 0 Å². The molecule has 0 saturated carbocycles. The third kappa shape index (κ3) is 65900000. The Hall–Kier alpha value is 0.00312. The van der Waals surface area contributed by atoms with E-state index in [1.807, 2.05) is 0 Å². The minimum atomic E-state index is 0. The molecule has 0 rings (SSSR count). The van der Waals surface area contributed by atoms with Gasteiger partial charge in [0.2, 0.25) is 0 Å². The molecule has 0 aromatic heterocycles. The number of hydrogen-bond acceptors (Lipinski definition) is 0. The van der Waals surface area contributed by atoms with Crippen LogP contribution in [0.4, 0.5) is 0 Å². The van der Waals surface area contributed by atoms with Gasteiger partial charge in [-0.3, -0.25) is 0 Å². The van der Waals surface area contributed by atoms with E-state index >= 15 is 0 Å². The van der Waals surface area contributed by atoms with Crippen molar-refractivity contribution in [3.05, 3.63) is 58.7 Å². The van der Waals surface area contributed by atoms with Crippen LogP contribution < -0.4 is 0 Å². The minimum absolute atomic E-state index is 0. The first kappa shape index (κ1) is 30.6. The Morgan fingerprint density at radius 3 is 0.727 bits per heavy atom. The quantitative estimate of drug-likeness (QED) is 0.578. The largest absolute Gasteiger partial charge is 3.00 e. The Morgan fingerprint density at radius 1 is 0.727 bits per heavy atom. The van der Waals surface area contributed by atoms with Gasteiger partial charge < -0.3 is 0 Å². The first-order valence-corrected chi connectivity index (χ1v) is 2.45. The van der Waals surface area contributed by atoms with Crippen molar-refractivity contribution in [2.75, 3.05) is 0 Å². The fourth-order valence-corrected chi connectivity index (χ4v) is 0. The maximum absolute atomic E-state index is 3.25. The normalized spacial score (nSPS) is 3.27. The van der Waals surface area contributed by atoms with Gasteiger partial charge in [0.25, 0.3) is 0 Å². The Morgan fingerprint density at radius 2 is 0.727 bits per heavy atom. The number of allylic oxidation sites excluding steroid dienone is 3. The molecular formula is C9H16ClZr. The first-order chi connectivity index (χ1) is 4.24. The Labute approximate surface area is 97.0 Å². The number of rotatable bonds is 0. The van der Waals surface area contributed by atoms with E-state index in [1.54, 1.807) is 0 Å². The molecule has 0 bridgehead atoms. The third-order valence-corrected chi connectivity index (χ3v) is 0. The maximum atomic E-state index is 3.25. The monoisotopic (exact) mass is 249 g/mol. The van der Waals surface area contributed by atoms with Crippen LogP contribution in [-0.2, 0) is 26.2 Å². The van der Waals surface area contributed by atoms with Gasteiger partial charge in [-0.1, -0.05) is 0 Å². The van der Waals surface area contributed by atoms with Crippen LogP contribution in [0, 0.1) is 20.8 Å². The molecular weight excluding hydrogens is 235 g/mol. The molecule has 11 heavy (non-hydrogen) atoms. The van der Waals surface area contributed by atoms with Crippen molar-refractivity contribution in [1.82, 2.24) is 0 Å². The summed E-state index contributed by atoms with van der Waals surface area (Å²) in [6, 6.07) is 0. The molecule has 0 nitrogen and oxygen atoms in total. The van der Waals surface area contributed by atoms with Crippen LogP contribution in [0.3, 0.4) is 0 Å². The summed E-state index contributed by atoms with van der Waals surface area (Å²) in [6.07, 6.45) is 4.50. The summed E-state index contributed by atoms with van der Waals surface area (Å²) in [5, 5.41) is 0. The van der Waals surface area contributed by atoms with Gasteiger partial charge in [-0.25, -0.2) is 58.7 Å². The summed E-state index contributed by atoms with van der Waals surface area (Å²) in [5.74, 6) is 0. The zero-order valence-corrected chi connectivity index (χ0v) is 10.2. The van der Waals surface area contributed by atoms with Crippen LogP contribution >= 0.6 is 12.4 Å². The van der Waals surface area contributed by atoms with Gasteiger partial charge in [0, 0.05) is 0 Å². The summed E-state index contributed by atoms with van der Waals surface area (Å²) in [7, 11) is 0. The Kier molecular flexibility index (Phi) is 250. The van der Waals surface area contributed by atoms with E-state index in [0.29, 0.717) is 0 Å². The first-order valence-electron chi connectivity index (χ1n) is 2.45. The summed E-state index contributed by atoms with van der Waals surface area (Å²) < 4.78 is 0. The second kappa shape index (κ2) is 89.9. The molecule has 0 fully saturated rings. The van der Waals surface area contributed by atoms with Crippen molar-refractivity contribution in [3.8, 4) is 0 Å². The van der Waals surface area contributed by atoms with Crippen LogP contribution in [0.2, 0.25) is 0 Å². The third-order valence-electron chi connectivity index (χ3n) is 0. The van der Waals surface area contributed by atoms with E-state index in [1.165, 1.54) is 18.2 Å². The predicted molar refractivity (Wildman–Crippen MR) is 53.9 cm³/mol. The van der Waals surface area contributed by atoms with Gasteiger partial charge in [0.05, 0.1) is 0 Å². The summed E-state index contributed by atoms with van der Waals surface area (Å²) in [4.78, 5) is 0. The molecule has 0 aromatic carbocycles. The van der Waals surface area contributed by atoms with Crippen LogP contribution in [-0.4, -0.2) is 0 Å².